The molecule has 0 radical (unpaired) electrons. The number of hydrogen-bond donors (Lipinski definition) is 1. The number of nitrogens with one attached hydrogen (secondary N) is 1. The summed E-state index contributed by atoms with van der Waals surface area (Å²) in [5, 5.41) is 16.7. The van der Waals surface area contributed by atoms with E-state index in [-0.39, 0.29) is 5.57 Å². The number of benzene rings is 4. The Hall–Kier alpha value is -4.10. The number of aryl methyl sites for hydroxylation is 1. The van der Waals surface area contributed by atoms with Crippen molar-refractivity contribution >= 4 is 39.2 Å². The van der Waals surface area contributed by atoms with Crippen LogP contribution in [0.15, 0.2) is 78.4 Å². The number of ether oxygens (including phenoxy) is 1. The highest BCUT2D eigenvalue weighted by Gasteiger charge is 2.14. The van der Waals surface area contributed by atoms with Crippen molar-refractivity contribution in [2.75, 3.05) is 12.4 Å². The first-order valence-corrected chi connectivity index (χ1v) is 9.59. The normalized spacial score (nSPS) is 11.3. The number of methoxy groups -OCH3 is 1. The standard InChI is InChI=1S/C26H20N2O2/c1-17-11-12-25(30-2)24(13-17)28-26(29)20(16-27)15-23-21-9-5-3-7-18(21)14-19-8-4-6-10-22(19)23/h3-15H,1-2H3,(H,28,29). The van der Waals surface area contributed by atoms with Crippen LogP contribution in [0, 0.1) is 18.3 Å². The fraction of sp³-hybridized carbons (Fsp3) is 0.0769. The van der Waals surface area contributed by atoms with Crippen molar-refractivity contribution in [2.45, 2.75) is 6.92 Å². The SMILES string of the molecule is COc1ccc(C)cc1NC(=O)C(C#N)=Cc1c2ccccc2cc2ccccc12. The van der Waals surface area contributed by atoms with E-state index < -0.39 is 5.91 Å². The third-order valence-corrected chi connectivity index (χ3v) is 5.07. The summed E-state index contributed by atoms with van der Waals surface area (Å²) >= 11 is 0. The van der Waals surface area contributed by atoms with Crippen LogP contribution in [0.5, 0.6) is 5.75 Å². The molecule has 1 N–H and O–H groups in total. The van der Waals surface area contributed by atoms with E-state index in [1.165, 1.54) is 0 Å². The summed E-state index contributed by atoms with van der Waals surface area (Å²) in [6, 6.07) is 25.6. The Morgan fingerprint density at radius 2 is 1.60 bits per heavy atom. The van der Waals surface area contributed by atoms with Crippen LogP contribution in [0.4, 0.5) is 5.69 Å². The number of nitriles is 1. The number of amides is 1. The molecule has 1 amide bonds. The average molecular weight is 392 g/mol. The van der Waals surface area contributed by atoms with Gasteiger partial charge < -0.3 is 10.1 Å². The van der Waals surface area contributed by atoms with Crippen molar-refractivity contribution in [1.82, 2.24) is 0 Å². The molecule has 0 aliphatic carbocycles. The van der Waals surface area contributed by atoms with Crippen molar-refractivity contribution in [3.8, 4) is 11.8 Å². The number of fused-ring (bicyclic) bond motifs is 2. The van der Waals surface area contributed by atoms with Gasteiger partial charge in [-0.15, -0.1) is 0 Å². The molecular formula is C26H20N2O2. The van der Waals surface area contributed by atoms with Gasteiger partial charge in [-0.1, -0.05) is 54.6 Å². The quantitative estimate of drug-likeness (QED) is 0.269. The van der Waals surface area contributed by atoms with Crippen molar-refractivity contribution in [3.63, 3.8) is 0 Å². The van der Waals surface area contributed by atoms with Gasteiger partial charge in [-0.2, -0.15) is 5.26 Å². The van der Waals surface area contributed by atoms with Crippen molar-refractivity contribution < 1.29 is 9.53 Å². The van der Waals surface area contributed by atoms with Gasteiger partial charge in [0.1, 0.15) is 17.4 Å². The minimum Gasteiger partial charge on any atom is -0.495 e. The van der Waals surface area contributed by atoms with Crippen molar-refractivity contribution in [3.05, 3.63) is 89.5 Å². The van der Waals surface area contributed by atoms with Crippen LogP contribution >= 0.6 is 0 Å². The number of nitrogens with zero attached hydrogens (tertiary/aromatic N) is 1. The summed E-state index contributed by atoms with van der Waals surface area (Å²) < 4.78 is 5.33. The first-order valence-electron chi connectivity index (χ1n) is 9.59. The predicted molar refractivity (Wildman–Crippen MR) is 121 cm³/mol. The molecule has 0 heterocycles. The molecule has 0 fully saturated rings. The minimum atomic E-state index is -0.474. The molecule has 0 saturated heterocycles. The Bertz CT molecular complexity index is 1290. The molecule has 4 heteroatoms. The summed E-state index contributed by atoms with van der Waals surface area (Å²) in [4.78, 5) is 12.9. The zero-order chi connectivity index (χ0) is 21.1. The molecule has 0 bridgehead atoms. The van der Waals surface area contributed by atoms with E-state index in [0.29, 0.717) is 11.4 Å². The summed E-state index contributed by atoms with van der Waals surface area (Å²) in [6.07, 6.45) is 1.67. The fourth-order valence-corrected chi connectivity index (χ4v) is 3.61. The second kappa shape index (κ2) is 8.10. The topological polar surface area (TPSA) is 62.1 Å². The lowest BCUT2D eigenvalue weighted by Gasteiger charge is -2.12. The first kappa shape index (κ1) is 19.2. The Morgan fingerprint density at radius 1 is 0.967 bits per heavy atom. The molecule has 0 atom stereocenters. The zero-order valence-electron chi connectivity index (χ0n) is 16.8. The summed E-state index contributed by atoms with van der Waals surface area (Å²) in [5.74, 6) is 0.0697. The van der Waals surface area contributed by atoms with Crippen LogP contribution in [0.3, 0.4) is 0 Å². The van der Waals surface area contributed by atoms with Gasteiger partial charge in [0.05, 0.1) is 12.8 Å². The van der Waals surface area contributed by atoms with Crippen LogP contribution in [0.1, 0.15) is 11.1 Å². The smallest absolute Gasteiger partial charge is 0.266 e. The molecule has 4 nitrogen and oxygen atoms in total. The number of anilines is 1. The van der Waals surface area contributed by atoms with E-state index in [9.17, 15) is 10.1 Å². The fourth-order valence-electron chi connectivity index (χ4n) is 3.61. The highest BCUT2D eigenvalue weighted by atomic mass is 16.5. The number of carbonyl (C=O) groups is 1. The summed E-state index contributed by atoms with van der Waals surface area (Å²) in [6.45, 7) is 1.93. The lowest BCUT2D eigenvalue weighted by molar-refractivity contribution is -0.112. The average Bonchev–Trinajstić information content (AvgIpc) is 2.76. The van der Waals surface area contributed by atoms with E-state index in [1.54, 1.807) is 19.3 Å². The molecule has 0 aliphatic rings. The number of hydrogen-bond acceptors (Lipinski definition) is 3. The minimum absolute atomic E-state index is 0.0278. The third-order valence-electron chi connectivity index (χ3n) is 5.07. The number of rotatable bonds is 4. The molecule has 0 spiro atoms. The molecular weight excluding hydrogens is 372 g/mol. The highest BCUT2D eigenvalue weighted by Crippen LogP contribution is 2.31. The van der Waals surface area contributed by atoms with Crippen LogP contribution < -0.4 is 10.1 Å². The molecule has 4 rings (SSSR count). The Labute approximate surface area is 175 Å². The molecule has 30 heavy (non-hydrogen) atoms. The van der Waals surface area contributed by atoms with Crippen LogP contribution in [0.2, 0.25) is 0 Å². The van der Waals surface area contributed by atoms with E-state index in [2.05, 4.69) is 17.5 Å². The van der Waals surface area contributed by atoms with Gasteiger partial charge in [0.2, 0.25) is 0 Å². The van der Waals surface area contributed by atoms with Crippen LogP contribution in [0.25, 0.3) is 27.6 Å². The highest BCUT2D eigenvalue weighted by molar-refractivity contribution is 6.14. The first-order chi connectivity index (χ1) is 14.6. The Morgan fingerprint density at radius 3 is 2.20 bits per heavy atom. The molecule has 0 aromatic heterocycles. The number of carbonyl (C=O) groups excluding carboxylic acids is 1. The lowest BCUT2D eigenvalue weighted by atomic mass is 9.95. The van der Waals surface area contributed by atoms with Crippen molar-refractivity contribution in [2.24, 2.45) is 0 Å². The molecule has 0 saturated carbocycles. The Kier molecular flexibility index (Phi) is 5.19. The van der Waals surface area contributed by atoms with E-state index in [0.717, 1.165) is 32.7 Å². The molecule has 146 valence electrons. The van der Waals surface area contributed by atoms with Crippen LogP contribution in [-0.2, 0) is 4.79 Å². The largest absolute Gasteiger partial charge is 0.495 e. The van der Waals surface area contributed by atoms with Gasteiger partial charge in [0.25, 0.3) is 5.91 Å². The molecule has 4 aromatic carbocycles. The van der Waals surface area contributed by atoms with Gasteiger partial charge in [-0.05, 0) is 63.9 Å². The van der Waals surface area contributed by atoms with Gasteiger partial charge >= 0.3 is 0 Å². The third kappa shape index (κ3) is 3.61. The lowest BCUT2D eigenvalue weighted by Crippen LogP contribution is -2.14. The maximum Gasteiger partial charge on any atom is 0.266 e. The van der Waals surface area contributed by atoms with Gasteiger partial charge in [-0.3, -0.25) is 4.79 Å². The van der Waals surface area contributed by atoms with E-state index in [4.69, 9.17) is 4.74 Å². The zero-order valence-corrected chi connectivity index (χ0v) is 16.8. The maximum absolute atomic E-state index is 12.9. The van der Waals surface area contributed by atoms with Crippen molar-refractivity contribution in [1.29, 1.82) is 5.26 Å². The summed E-state index contributed by atoms with van der Waals surface area (Å²) in [7, 11) is 1.55. The van der Waals surface area contributed by atoms with Gasteiger partial charge in [0, 0.05) is 0 Å². The monoisotopic (exact) mass is 392 g/mol. The van der Waals surface area contributed by atoms with E-state index >= 15 is 0 Å². The second-order valence-corrected chi connectivity index (χ2v) is 7.06. The second-order valence-electron chi connectivity index (χ2n) is 7.06. The van der Waals surface area contributed by atoms with E-state index in [1.807, 2.05) is 67.6 Å². The van der Waals surface area contributed by atoms with Crippen LogP contribution in [-0.4, -0.2) is 13.0 Å². The molecule has 0 unspecified atom stereocenters. The maximum atomic E-state index is 12.9. The van der Waals surface area contributed by atoms with Gasteiger partial charge in [0.15, 0.2) is 0 Å². The Balaban J connectivity index is 1.83. The van der Waals surface area contributed by atoms with Gasteiger partial charge in [-0.25, -0.2) is 0 Å². The molecule has 0 aliphatic heterocycles. The molecule has 4 aromatic rings. The summed E-state index contributed by atoms with van der Waals surface area (Å²) in [5.41, 5.74) is 2.40. The predicted octanol–water partition coefficient (Wildman–Crippen LogP) is 5.86.